The first-order valence-electron chi connectivity index (χ1n) is 8.26. The molecule has 0 unspecified atom stereocenters. The molecule has 0 aliphatic carbocycles. The Morgan fingerprint density at radius 1 is 1.00 bits per heavy atom. The molecule has 2 aromatic rings. The van der Waals surface area contributed by atoms with Crippen LogP contribution in [0.5, 0.6) is 5.75 Å². The quantitative estimate of drug-likeness (QED) is 0.747. The number of hydrogen-bond acceptors (Lipinski definition) is 3. The van der Waals surface area contributed by atoms with Crippen LogP contribution in [-0.4, -0.2) is 43.0 Å². The van der Waals surface area contributed by atoms with Crippen LogP contribution in [0, 0.1) is 0 Å². The van der Waals surface area contributed by atoms with Gasteiger partial charge in [0.25, 0.3) is 0 Å². The average molecular weight is 326 g/mol. The molecule has 2 aromatic carbocycles. The van der Waals surface area contributed by atoms with Crippen LogP contribution in [0.3, 0.4) is 0 Å². The molecule has 0 fully saturated rings. The maximum absolute atomic E-state index is 12.5. The van der Waals surface area contributed by atoms with Gasteiger partial charge in [-0.25, -0.2) is 0 Å². The molecule has 4 heteroatoms. The normalized spacial score (nSPS) is 10.7. The van der Waals surface area contributed by atoms with E-state index in [1.807, 2.05) is 49.5 Å². The third-order valence-corrected chi connectivity index (χ3v) is 4.08. The van der Waals surface area contributed by atoms with E-state index < -0.39 is 0 Å². The average Bonchev–Trinajstić information content (AvgIpc) is 2.62. The lowest BCUT2D eigenvalue weighted by molar-refractivity contribution is -0.131. The summed E-state index contributed by atoms with van der Waals surface area (Å²) in [4.78, 5) is 16.5. The first-order valence-corrected chi connectivity index (χ1v) is 8.26. The summed E-state index contributed by atoms with van der Waals surface area (Å²) in [5.74, 6) is 0.924. The van der Waals surface area contributed by atoms with E-state index in [2.05, 4.69) is 24.0 Å². The van der Waals surface area contributed by atoms with Gasteiger partial charge in [-0.15, -0.1) is 0 Å². The standard InChI is InChI=1S/C20H26N2O2/c1-4-22(14-17-10-6-5-7-11-17)16-20(23)21(2)15-18-12-8-9-13-19(18)24-3/h5-13H,4,14-16H2,1-3H3. The molecule has 0 saturated carbocycles. The minimum absolute atomic E-state index is 0.110. The SMILES string of the molecule is CCN(CC(=O)N(C)Cc1ccccc1OC)Cc1ccccc1. The Bertz CT molecular complexity index is 643. The number of methoxy groups -OCH3 is 1. The zero-order valence-electron chi connectivity index (χ0n) is 14.7. The lowest BCUT2D eigenvalue weighted by atomic mass is 10.2. The summed E-state index contributed by atoms with van der Waals surface area (Å²) in [6.07, 6.45) is 0. The number of ether oxygens (including phenoxy) is 1. The zero-order valence-corrected chi connectivity index (χ0v) is 14.7. The van der Waals surface area contributed by atoms with Gasteiger partial charge >= 0.3 is 0 Å². The number of likely N-dealkylation sites (N-methyl/N-ethyl adjacent to an activating group) is 2. The van der Waals surface area contributed by atoms with Gasteiger partial charge in [-0.1, -0.05) is 55.5 Å². The van der Waals surface area contributed by atoms with E-state index in [1.165, 1.54) is 5.56 Å². The molecule has 0 radical (unpaired) electrons. The van der Waals surface area contributed by atoms with Crippen molar-refractivity contribution in [3.05, 3.63) is 65.7 Å². The third kappa shape index (κ3) is 5.10. The van der Waals surface area contributed by atoms with Crippen molar-refractivity contribution >= 4 is 5.91 Å². The number of nitrogens with zero attached hydrogens (tertiary/aromatic N) is 2. The van der Waals surface area contributed by atoms with Gasteiger partial charge in [0, 0.05) is 25.7 Å². The zero-order chi connectivity index (χ0) is 17.4. The van der Waals surface area contributed by atoms with Crippen molar-refractivity contribution in [2.24, 2.45) is 0 Å². The Labute approximate surface area is 144 Å². The van der Waals surface area contributed by atoms with Gasteiger partial charge in [0.15, 0.2) is 0 Å². The Hall–Kier alpha value is -2.33. The highest BCUT2D eigenvalue weighted by Gasteiger charge is 2.15. The molecule has 0 aliphatic heterocycles. The lowest BCUT2D eigenvalue weighted by Crippen LogP contribution is -2.37. The van der Waals surface area contributed by atoms with Crippen LogP contribution >= 0.6 is 0 Å². The fraction of sp³-hybridized carbons (Fsp3) is 0.350. The molecule has 0 bridgehead atoms. The van der Waals surface area contributed by atoms with E-state index in [-0.39, 0.29) is 5.91 Å². The molecule has 0 atom stereocenters. The largest absolute Gasteiger partial charge is 0.496 e. The van der Waals surface area contributed by atoms with Crippen molar-refractivity contribution in [2.75, 3.05) is 27.2 Å². The predicted octanol–water partition coefficient (Wildman–Crippen LogP) is 3.18. The van der Waals surface area contributed by atoms with Crippen molar-refractivity contribution in [3.63, 3.8) is 0 Å². The van der Waals surface area contributed by atoms with Gasteiger partial charge in [0.2, 0.25) is 5.91 Å². The predicted molar refractivity (Wildman–Crippen MR) is 96.9 cm³/mol. The Morgan fingerprint density at radius 3 is 2.33 bits per heavy atom. The van der Waals surface area contributed by atoms with E-state index in [1.54, 1.807) is 12.0 Å². The fourth-order valence-electron chi connectivity index (χ4n) is 2.61. The second kappa shape index (κ2) is 9.08. The summed E-state index contributed by atoms with van der Waals surface area (Å²) in [5.41, 5.74) is 2.24. The van der Waals surface area contributed by atoms with Crippen molar-refractivity contribution < 1.29 is 9.53 Å². The molecule has 24 heavy (non-hydrogen) atoms. The second-order valence-corrected chi connectivity index (χ2v) is 5.85. The van der Waals surface area contributed by atoms with Crippen LogP contribution < -0.4 is 4.74 Å². The van der Waals surface area contributed by atoms with Gasteiger partial charge in [0.1, 0.15) is 5.75 Å². The Morgan fingerprint density at radius 2 is 1.67 bits per heavy atom. The van der Waals surface area contributed by atoms with E-state index in [4.69, 9.17) is 4.74 Å². The molecule has 0 N–H and O–H groups in total. The number of carbonyl (C=O) groups is 1. The summed E-state index contributed by atoms with van der Waals surface area (Å²) in [6, 6.07) is 18.0. The number of para-hydroxylation sites is 1. The third-order valence-electron chi connectivity index (χ3n) is 4.08. The Kier molecular flexibility index (Phi) is 6.82. The minimum Gasteiger partial charge on any atom is -0.496 e. The highest BCUT2D eigenvalue weighted by Crippen LogP contribution is 2.18. The van der Waals surface area contributed by atoms with Crippen LogP contribution in [0.4, 0.5) is 0 Å². The molecule has 0 saturated heterocycles. The number of hydrogen-bond donors (Lipinski definition) is 0. The van der Waals surface area contributed by atoms with Gasteiger partial charge in [-0.2, -0.15) is 0 Å². The summed E-state index contributed by atoms with van der Waals surface area (Å²) >= 11 is 0. The molecular formula is C20H26N2O2. The number of amides is 1. The molecule has 0 aromatic heterocycles. The highest BCUT2D eigenvalue weighted by molar-refractivity contribution is 5.78. The van der Waals surface area contributed by atoms with Crippen molar-refractivity contribution in [2.45, 2.75) is 20.0 Å². The molecule has 128 valence electrons. The smallest absolute Gasteiger partial charge is 0.236 e. The molecule has 1 amide bonds. The van der Waals surface area contributed by atoms with Crippen LogP contribution in [-0.2, 0) is 17.9 Å². The molecule has 4 nitrogen and oxygen atoms in total. The molecule has 0 heterocycles. The van der Waals surface area contributed by atoms with Crippen molar-refractivity contribution in [1.82, 2.24) is 9.80 Å². The van der Waals surface area contributed by atoms with E-state index >= 15 is 0 Å². The van der Waals surface area contributed by atoms with Crippen LogP contribution in [0.25, 0.3) is 0 Å². The monoisotopic (exact) mass is 326 g/mol. The summed E-state index contributed by atoms with van der Waals surface area (Å²) in [7, 11) is 3.49. The van der Waals surface area contributed by atoms with Gasteiger partial charge in [-0.05, 0) is 18.2 Å². The van der Waals surface area contributed by atoms with Gasteiger partial charge in [0.05, 0.1) is 13.7 Å². The summed E-state index contributed by atoms with van der Waals surface area (Å²) in [6.45, 7) is 4.66. The van der Waals surface area contributed by atoms with Gasteiger partial charge < -0.3 is 9.64 Å². The maximum Gasteiger partial charge on any atom is 0.236 e. The molecule has 2 rings (SSSR count). The van der Waals surface area contributed by atoms with E-state index in [0.717, 1.165) is 24.4 Å². The van der Waals surface area contributed by atoms with Crippen LogP contribution in [0.15, 0.2) is 54.6 Å². The van der Waals surface area contributed by atoms with E-state index in [0.29, 0.717) is 13.1 Å². The first kappa shape index (κ1) is 18.0. The minimum atomic E-state index is 0.110. The number of benzene rings is 2. The number of rotatable bonds is 8. The molecule has 0 spiro atoms. The molecular weight excluding hydrogens is 300 g/mol. The fourth-order valence-corrected chi connectivity index (χ4v) is 2.61. The topological polar surface area (TPSA) is 32.8 Å². The van der Waals surface area contributed by atoms with E-state index in [9.17, 15) is 4.79 Å². The van der Waals surface area contributed by atoms with Crippen molar-refractivity contribution in [1.29, 1.82) is 0 Å². The van der Waals surface area contributed by atoms with Gasteiger partial charge in [-0.3, -0.25) is 9.69 Å². The Balaban J connectivity index is 1.94. The van der Waals surface area contributed by atoms with Crippen LogP contribution in [0.2, 0.25) is 0 Å². The number of carbonyl (C=O) groups excluding carboxylic acids is 1. The lowest BCUT2D eigenvalue weighted by Gasteiger charge is -2.24. The van der Waals surface area contributed by atoms with Crippen molar-refractivity contribution in [3.8, 4) is 5.75 Å². The maximum atomic E-state index is 12.5. The summed E-state index contributed by atoms with van der Waals surface area (Å²) in [5, 5.41) is 0. The first-order chi connectivity index (χ1) is 11.6. The second-order valence-electron chi connectivity index (χ2n) is 5.85. The highest BCUT2D eigenvalue weighted by atomic mass is 16.5. The summed E-state index contributed by atoms with van der Waals surface area (Å²) < 4.78 is 5.36. The molecule has 0 aliphatic rings. The van der Waals surface area contributed by atoms with Crippen LogP contribution in [0.1, 0.15) is 18.1 Å².